The maximum atomic E-state index is 10.8. The zero-order valence-corrected chi connectivity index (χ0v) is 13.1. The van der Waals surface area contributed by atoms with Crippen molar-refractivity contribution in [1.29, 1.82) is 0 Å². The molecule has 2 aromatic rings. The minimum absolute atomic E-state index is 0.323. The minimum Gasteiger partial charge on any atom is -0.478 e. The fourth-order valence-electron chi connectivity index (χ4n) is 1.94. The van der Waals surface area contributed by atoms with Crippen molar-refractivity contribution in [1.82, 2.24) is 5.32 Å². The molecule has 2 aromatic carbocycles. The van der Waals surface area contributed by atoms with E-state index in [0.717, 1.165) is 23.1 Å². The van der Waals surface area contributed by atoms with Gasteiger partial charge in [0.1, 0.15) is 0 Å². The number of rotatable bonds is 6. The topological polar surface area (TPSA) is 49.3 Å². The van der Waals surface area contributed by atoms with E-state index in [-0.39, 0.29) is 0 Å². The standard InChI is InChI=1S/C16H16INO2/c17-9-13-2-1-3-14(8-13)11-18-10-12-4-6-15(7-5-12)16(19)20/h1-8,18H,9-11H2,(H,19,20). The van der Waals surface area contributed by atoms with Crippen LogP contribution in [0.15, 0.2) is 48.5 Å². The van der Waals surface area contributed by atoms with Gasteiger partial charge >= 0.3 is 5.97 Å². The highest BCUT2D eigenvalue weighted by atomic mass is 127. The fraction of sp³-hybridized carbons (Fsp3) is 0.188. The van der Waals surface area contributed by atoms with Crippen LogP contribution in [-0.4, -0.2) is 11.1 Å². The first-order chi connectivity index (χ1) is 9.69. The van der Waals surface area contributed by atoms with Gasteiger partial charge in [0.25, 0.3) is 0 Å². The van der Waals surface area contributed by atoms with Crippen LogP contribution in [0.2, 0.25) is 0 Å². The molecule has 0 saturated heterocycles. The van der Waals surface area contributed by atoms with E-state index in [4.69, 9.17) is 5.11 Å². The second-order valence-corrected chi connectivity index (χ2v) is 5.32. The third-order valence-corrected chi connectivity index (χ3v) is 3.89. The number of benzene rings is 2. The van der Waals surface area contributed by atoms with Crippen LogP contribution in [0.25, 0.3) is 0 Å². The predicted molar refractivity (Wildman–Crippen MR) is 88.1 cm³/mol. The monoisotopic (exact) mass is 381 g/mol. The Kier molecular flexibility index (Phi) is 5.55. The average Bonchev–Trinajstić information content (AvgIpc) is 2.48. The molecule has 104 valence electrons. The largest absolute Gasteiger partial charge is 0.478 e. The Balaban J connectivity index is 1.87. The van der Waals surface area contributed by atoms with E-state index in [0.29, 0.717) is 5.56 Å². The molecule has 2 rings (SSSR count). The first-order valence-electron chi connectivity index (χ1n) is 6.36. The van der Waals surface area contributed by atoms with Crippen molar-refractivity contribution in [2.24, 2.45) is 0 Å². The van der Waals surface area contributed by atoms with Gasteiger partial charge in [-0.15, -0.1) is 0 Å². The number of nitrogens with one attached hydrogen (secondary N) is 1. The molecule has 0 aromatic heterocycles. The van der Waals surface area contributed by atoms with E-state index in [1.54, 1.807) is 12.1 Å². The second-order valence-electron chi connectivity index (χ2n) is 4.56. The molecule has 0 atom stereocenters. The fourth-order valence-corrected chi connectivity index (χ4v) is 2.41. The quantitative estimate of drug-likeness (QED) is 0.594. The smallest absolute Gasteiger partial charge is 0.335 e. The molecule has 0 aliphatic rings. The number of hydrogen-bond acceptors (Lipinski definition) is 2. The Bertz CT molecular complexity index is 581. The number of hydrogen-bond donors (Lipinski definition) is 2. The van der Waals surface area contributed by atoms with Crippen LogP contribution in [0.4, 0.5) is 0 Å². The Morgan fingerprint density at radius 1 is 1.00 bits per heavy atom. The van der Waals surface area contributed by atoms with E-state index < -0.39 is 5.97 Å². The SMILES string of the molecule is O=C(O)c1ccc(CNCc2cccc(CI)c2)cc1. The molecule has 2 N–H and O–H groups in total. The summed E-state index contributed by atoms with van der Waals surface area (Å²) in [5.41, 5.74) is 4.00. The Morgan fingerprint density at radius 3 is 2.30 bits per heavy atom. The van der Waals surface area contributed by atoms with Crippen LogP contribution in [0, 0.1) is 0 Å². The summed E-state index contributed by atoms with van der Waals surface area (Å²) < 4.78 is 1.02. The zero-order valence-electron chi connectivity index (χ0n) is 11.0. The van der Waals surface area contributed by atoms with Gasteiger partial charge in [-0.2, -0.15) is 0 Å². The first kappa shape index (κ1) is 15.0. The van der Waals surface area contributed by atoms with Gasteiger partial charge in [0.15, 0.2) is 0 Å². The highest BCUT2D eigenvalue weighted by Crippen LogP contribution is 2.09. The molecule has 0 heterocycles. The number of carboxylic acids is 1. The molecule has 0 fully saturated rings. The molecular weight excluding hydrogens is 365 g/mol. The van der Waals surface area contributed by atoms with E-state index in [2.05, 4.69) is 52.2 Å². The third kappa shape index (κ3) is 4.31. The number of carboxylic acid groups (broad SMARTS) is 1. The van der Waals surface area contributed by atoms with E-state index in [1.165, 1.54) is 11.1 Å². The lowest BCUT2D eigenvalue weighted by molar-refractivity contribution is 0.0697. The van der Waals surface area contributed by atoms with Gasteiger partial charge < -0.3 is 10.4 Å². The molecular formula is C16H16INO2. The molecule has 0 aliphatic heterocycles. The molecule has 0 spiro atoms. The minimum atomic E-state index is -0.889. The average molecular weight is 381 g/mol. The van der Waals surface area contributed by atoms with Gasteiger partial charge in [-0.05, 0) is 28.8 Å². The van der Waals surface area contributed by atoms with Crippen molar-refractivity contribution in [2.75, 3.05) is 0 Å². The van der Waals surface area contributed by atoms with E-state index >= 15 is 0 Å². The Morgan fingerprint density at radius 2 is 1.65 bits per heavy atom. The summed E-state index contributed by atoms with van der Waals surface area (Å²) in [4.78, 5) is 10.8. The molecule has 0 bridgehead atoms. The van der Waals surface area contributed by atoms with Gasteiger partial charge in [0, 0.05) is 17.5 Å². The lowest BCUT2D eigenvalue weighted by atomic mass is 10.1. The Hall–Kier alpha value is -1.40. The van der Waals surface area contributed by atoms with Crippen LogP contribution in [0.1, 0.15) is 27.0 Å². The summed E-state index contributed by atoms with van der Waals surface area (Å²) in [7, 11) is 0. The van der Waals surface area contributed by atoms with E-state index in [9.17, 15) is 4.79 Å². The van der Waals surface area contributed by atoms with Crippen LogP contribution < -0.4 is 5.32 Å². The van der Waals surface area contributed by atoms with Crippen molar-refractivity contribution >= 4 is 28.6 Å². The van der Waals surface area contributed by atoms with Crippen LogP contribution in [0.5, 0.6) is 0 Å². The summed E-state index contributed by atoms with van der Waals surface area (Å²) in [5, 5.41) is 12.2. The maximum Gasteiger partial charge on any atom is 0.335 e. The van der Waals surface area contributed by atoms with Gasteiger partial charge in [0.2, 0.25) is 0 Å². The maximum absolute atomic E-state index is 10.8. The summed E-state index contributed by atoms with van der Waals surface area (Å²) in [6, 6.07) is 15.5. The first-order valence-corrected chi connectivity index (χ1v) is 7.88. The van der Waals surface area contributed by atoms with Crippen LogP contribution >= 0.6 is 22.6 Å². The zero-order chi connectivity index (χ0) is 14.4. The molecule has 0 radical (unpaired) electrons. The molecule has 4 heteroatoms. The lowest BCUT2D eigenvalue weighted by Gasteiger charge is -2.07. The highest BCUT2D eigenvalue weighted by Gasteiger charge is 2.01. The molecule has 20 heavy (non-hydrogen) atoms. The molecule has 0 aliphatic carbocycles. The summed E-state index contributed by atoms with van der Waals surface area (Å²) in [6.45, 7) is 1.54. The molecule has 0 unspecified atom stereocenters. The highest BCUT2D eigenvalue weighted by molar-refractivity contribution is 14.1. The van der Waals surface area contributed by atoms with Crippen LogP contribution in [0.3, 0.4) is 0 Å². The van der Waals surface area contributed by atoms with Gasteiger partial charge in [-0.1, -0.05) is 59.0 Å². The normalized spacial score (nSPS) is 10.4. The number of carbonyl (C=O) groups is 1. The van der Waals surface area contributed by atoms with Crippen molar-refractivity contribution in [2.45, 2.75) is 17.5 Å². The number of aromatic carboxylic acids is 1. The molecule has 3 nitrogen and oxygen atoms in total. The number of halogens is 1. The van der Waals surface area contributed by atoms with Gasteiger partial charge in [0.05, 0.1) is 5.56 Å². The lowest BCUT2D eigenvalue weighted by Crippen LogP contribution is -2.12. The van der Waals surface area contributed by atoms with Crippen molar-refractivity contribution < 1.29 is 9.90 Å². The third-order valence-electron chi connectivity index (χ3n) is 3.00. The van der Waals surface area contributed by atoms with Crippen LogP contribution in [-0.2, 0) is 17.5 Å². The second kappa shape index (κ2) is 7.40. The predicted octanol–water partition coefficient (Wildman–Crippen LogP) is 3.61. The summed E-state index contributed by atoms with van der Waals surface area (Å²) in [6.07, 6.45) is 0. The summed E-state index contributed by atoms with van der Waals surface area (Å²) >= 11 is 2.36. The van der Waals surface area contributed by atoms with Crippen molar-refractivity contribution in [3.63, 3.8) is 0 Å². The van der Waals surface area contributed by atoms with Crippen molar-refractivity contribution in [3.8, 4) is 0 Å². The van der Waals surface area contributed by atoms with E-state index in [1.807, 2.05) is 12.1 Å². The number of alkyl halides is 1. The van der Waals surface area contributed by atoms with Crippen molar-refractivity contribution in [3.05, 3.63) is 70.8 Å². The molecule has 0 amide bonds. The summed E-state index contributed by atoms with van der Waals surface area (Å²) in [5.74, 6) is -0.889. The Labute approximate surface area is 132 Å². The van der Waals surface area contributed by atoms with Gasteiger partial charge in [-0.3, -0.25) is 0 Å². The molecule has 0 saturated carbocycles. The van der Waals surface area contributed by atoms with Gasteiger partial charge in [-0.25, -0.2) is 4.79 Å².